The van der Waals surface area contributed by atoms with Crippen LogP contribution < -0.4 is 31.2 Å². The summed E-state index contributed by atoms with van der Waals surface area (Å²) in [5.41, 5.74) is -26.7. The predicted molar refractivity (Wildman–Crippen MR) is 241 cm³/mol. The second-order valence-corrected chi connectivity index (χ2v) is 17.9. The maximum Gasteiger partial charge on any atom is 0.416 e. The molecule has 0 amide bonds. The van der Waals surface area contributed by atoms with Gasteiger partial charge in [0, 0.05) is 5.56 Å². The van der Waals surface area contributed by atoms with Crippen molar-refractivity contribution in [2.24, 2.45) is 0 Å². The molecule has 1 heterocycles. The highest BCUT2D eigenvalue weighted by Gasteiger charge is 2.47. The summed E-state index contributed by atoms with van der Waals surface area (Å²) in [6, 6.07) is 6.90. The number of aryl methyl sites for hydroxylation is 1. The minimum atomic E-state index is -6.13. The molecule has 0 saturated carbocycles. The van der Waals surface area contributed by atoms with Crippen molar-refractivity contribution in [1.29, 1.82) is 0 Å². The second kappa shape index (κ2) is 22.0. The summed E-state index contributed by atoms with van der Waals surface area (Å²) in [6.45, 7) is 4.60. The zero-order chi connectivity index (χ0) is 60.9. The third kappa shape index (κ3) is 14.6. The van der Waals surface area contributed by atoms with Crippen molar-refractivity contribution >= 4 is 34.0 Å². The molecule has 0 saturated heterocycles. The van der Waals surface area contributed by atoms with Gasteiger partial charge < -0.3 is 4.74 Å². The van der Waals surface area contributed by atoms with Gasteiger partial charge in [-0.1, -0.05) is 91.0 Å². The fraction of sp³-hybridized carbons (Fsp3) is 0.212. The van der Waals surface area contributed by atoms with Crippen LogP contribution in [0.15, 0.2) is 140 Å². The molecule has 0 spiro atoms. The van der Waals surface area contributed by atoms with Crippen LogP contribution in [0.1, 0.15) is 71.7 Å². The van der Waals surface area contributed by atoms with E-state index in [1.54, 1.807) is 18.5 Å². The Morgan fingerprint density at radius 1 is 0.432 bits per heavy atom. The summed E-state index contributed by atoms with van der Waals surface area (Å²) in [5.74, 6) is 0.117. The lowest BCUT2D eigenvalue weighted by Gasteiger charge is -2.46. The summed E-state index contributed by atoms with van der Waals surface area (Å²) in [4.78, 5) is 16.5. The molecule has 0 bridgehead atoms. The van der Waals surface area contributed by atoms with Gasteiger partial charge in [0.25, 0.3) is 0 Å². The molecule has 0 fully saturated rings. The van der Waals surface area contributed by atoms with E-state index in [9.17, 15) is 110 Å². The Bertz CT molecular complexity index is 2990. The standard InChI is InChI=1S/C32H12BF24.C20H19N2O2/c34-25(35,36)13-1-14(26(37,38)39)6-21(5-13)33(22-7-15(27(40,41)42)2-16(8-22)28(43,44)45,23-9-17(29(46,47)48)3-18(10-23)30(49,50)51)24-11-19(31(52,53)54)4-20(12-24)32(55,56)57;1-15-7-6-10-19(16(15)2)24-20(23)18-14-22(12-11-21-18)13-17-8-4-3-5-9-17/h1-12H;3-12,14H,13H2,1-2H3/q-1;+1. The molecule has 0 unspecified atom stereocenters. The van der Waals surface area contributed by atoms with Gasteiger partial charge in [0.05, 0.1) is 50.7 Å². The first-order chi connectivity index (χ1) is 36.9. The highest BCUT2D eigenvalue weighted by molar-refractivity contribution is 7.20. The van der Waals surface area contributed by atoms with Crippen LogP contribution in [0.5, 0.6) is 5.75 Å². The van der Waals surface area contributed by atoms with Crippen LogP contribution in [-0.2, 0) is 56.0 Å². The van der Waals surface area contributed by atoms with Crippen LogP contribution >= 0.6 is 0 Å². The van der Waals surface area contributed by atoms with E-state index in [1.807, 2.05) is 67.1 Å². The van der Waals surface area contributed by atoms with Crippen molar-refractivity contribution in [3.05, 3.63) is 207 Å². The van der Waals surface area contributed by atoms with E-state index in [2.05, 4.69) is 4.98 Å². The molecule has 0 N–H and O–H groups in total. The van der Waals surface area contributed by atoms with Gasteiger partial charge >= 0.3 is 55.4 Å². The number of carbonyl (C=O) groups is 1. The van der Waals surface area contributed by atoms with Crippen LogP contribution in [0, 0.1) is 13.8 Å². The number of halogens is 24. The van der Waals surface area contributed by atoms with Gasteiger partial charge in [-0.2, -0.15) is 132 Å². The zero-order valence-electron chi connectivity index (χ0n) is 40.3. The molecule has 432 valence electrons. The zero-order valence-corrected chi connectivity index (χ0v) is 40.3. The number of carbonyl (C=O) groups excluding carboxylic acids is 1. The molecule has 0 radical (unpaired) electrons. The van der Waals surface area contributed by atoms with Gasteiger partial charge in [0.1, 0.15) is 11.9 Å². The van der Waals surface area contributed by atoms with E-state index in [0.29, 0.717) is 12.3 Å². The topological polar surface area (TPSA) is 43.1 Å². The Balaban J connectivity index is 0.000000363. The molecule has 0 atom stereocenters. The van der Waals surface area contributed by atoms with E-state index < -0.39 is 201 Å². The van der Waals surface area contributed by atoms with E-state index >= 15 is 0 Å². The first kappa shape index (κ1) is 62.5. The van der Waals surface area contributed by atoms with E-state index in [4.69, 9.17) is 4.74 Å². The summed E-state index contributed by atoms with van der Waals surface area (Å²) in [6.07, 6.45) is -49.6. The van der Waals surface area contributed by atoms with Crippen LogP contribution in [0.25, 0.3) is 0 Å². The molecule has 1 aromatic heterocycles. The van der Waals surface area contributed by atoms with E-state index in [1.165, 1.54) is 0 Å². The largest absolute Gasteiger partial charge is 0.421 e. The van der Waals surface area contributed by atoms with Crippen LogP contribution in [-0.4, -0.2) is 17.1 Å². The van der Waals surface area contributed by atoms with Gasteiger partial charge in [0.15, 0.2) is 12.7 Å². The smallest absolute Gasteiger partial charge is 0.416 e. The number of benzene rings is 6. The number of nitrogens with zero attached hydrogens (tertiary/aromatic N) is 2. The number of hydrogen-bond donors (Lipinski definition) is 0. The third-order valence-corrected chi connectivity index (χ3v) is 12.4. The van der Waals surface area contributed by atoms with Crippen molar-refractivity contribution in [3.8, 4) is 5.75 Å². The summed E-state index contributed by atoms with van der Waals surface area (Å²) < 4.78 is 348. The minimum absolute atomic E-state index is 0.286. The normalized spacial score (nSPS) is 13.2. The first-order valence-corrected chi connectivity index (χ1v) is 22.4. The van der Waals surface area contributed by atoms with Gasteiger partial charge in [0.2, 0.25) is 11.9 Å². The lowest BCUT2D eigenvalue weighted by molar-refractivity contribution is -0.689. The summed E-state index contributed by atoms with van der Waals surface area (Å²) in [7, 11) is 0. The Kier molecular flexibility index (Phi) is 16.9. The molecular weight excluding hydrogens is 1150 g/mol. The van der Waals surface area contributed by atoms with Gasteiger partial charge in [-0.15, -0.1) is 0 Å². The minimum Gasteiger partial charge on any atom is -0.421 e. The maximum absolute atomic E-state index is 14.2. The Morgan fingerprint density at radius 3 is 1.04 bits per heavy atom. The van der Waals surface area contributed by atoms with Crippen molar-refractivity contribution in [2.75, 3.05) is 0 Å². The average Bonchev–Trinajstić information content (AvgIpc) is 3.07. The molecule has 0 aliphatic carbocycles. The Morgan fingerprint density at radius 2 is 0.741 bits per heavy atom. The molecular formula is C52H31BF24N2O2. The summed E-state index contributed by atoms with van der Waals surface area (Å²) >= 11 is 0. The predicted octanol–water partition coefficient (Wildman–Crippen LogP) is 14.5. The number of aromatic nitrogens is 2. The van der Waals surface area contributed by atoms with Crippen LogP contribution in [0.3, 0.4) is 0 Å². The highest BCUT2D eigenvalue weighted by atomic mass is 19.4. The van der Waals surface area contributed by atoms with Gasteiger partial charge in [-0.25, -0.2) is 9.78 Å². The van der Waals surface area contributed by atoms with Crippen molar-refractivity contribution in [1.82, 2.24) is 4.98 Å². The quantitative estimate of drug-likeness (QED) is 0.0501. The van der Waals surface area contributed by atoms with Crippen molar-refractivity contribution < 1.29 is 119 Å². The lowest BCUT2D eigenvalue weighted by atomic mass is 9.12. The first-order valence-electron chi connectivity index (χ1n) is 22.4. The molecule has 0 aliphatic heterocycles. The molecule has 29 heteroatoms. The molecule has 7 aromatic rings. The van der Waals surface area contributed by atoms with E-state index in [0.717, 1.165) is 16.7 Å². The average molecular weight is 1180 g/mol. The fourth-order valence-corrected chi connectivity index (χ4v) is 8.49. The van der Waals surface area contributed by atoms with Crippen molar-refractivity contribution in [3.63, 3.8) is 0 Å². The molecule has 4 nitrogen and oxygen atoms in total. The number of alkyl halides is 24. The number of rotatable bonds is 8. The molecule has 0 aliphatic rings. The summed E-state index contributed by atoms with van der Waals surface area (Å²) in [5, 5.41) is 0. The van der Waals surface area contributed by atoms with Gasteiger partial charge in [-0.3, -0.25) is 0 Å². The van der Waals surface area contributed by atoms with E-state index in [-0.39, 0.29) is 5.69 Å². The second-order valence-electron chi connectivity index (χ2n) is 17.9. The number of hydrogen-bond acceptors (Lipinski definition) is 3. The Labute approximate surface area is 440 Å². The number of esters is 1. The highest BCUT2D eigenvalue weighted by Crippen LogP contribution is 2.41. The number of ether oxygens (including phenoxy) is 1. The van der Waals surface area contributed by atoms with Crippen LogP contribution in [0.2, 0.25) is 0 Å². The maximum atomic E-state index is 14.2. The van der Waals surface area contributed by atoms with Gasteiger partial charge in [-0.05, 0) is 55.3 Å². The Hall–Kier alpha value is -7.75. The monoisotopic (exact) mass is 1180 g/mol. The third-order valence-electron chi connectivity index (χ3n) is 12.4. The van der Waals surface area contributed by atoms with Crippen LogP contribution in [0.4, 0.5) is 105 Å². The van der Waals surface area contributed by atoms with Crippen molar-refractivity contribution in [2.45, 2.75) is 69.8 Å². The fourth-order valence-electron chi connectivity index (χ4n) is 8.49. The molecule has 81 heavy (non-hydrogen) atoms. The molecule has 6 aromatic carbocycles. The lowest BCUT2D eigenvalue weighted by Crippen LogP contribution is -2.75. The molecule has 7 rings (SSSR count). The SMILES string of the molecule is Cc1cccc(OC(=O)c2c[n+](Cc3ccccc3)ccn2)c1C.FC(F)(F)c1cc([B-](c2cc(C(F)(F)F)cc(C(F)(F)F)c2)(c2cc(C(F)(F)F)cc(C(F)(F)F)c2)c2cc(C(F)(F)F)cc(C(F)(F)F)c2)cc(C(F)(F)F)c1.